The smallest absolute Gasteiger partial charge is 0.234 e. The van der Waals surface area contributed by atoms with Crippen LogP contribution in [0.25, 0.3) is 0 Å². The van der Waals surface area contributed by atoms with Crippen molar-refractivity contribution in [1.29, 1.82) is 0 Å². The van der Waals surface area contributed by atoms with E-state index in [4.69, 9.17) is 21.4 Å². The van der Waals surface area contributed by atoms with Crippen LogP contribution in [0.15, 0.2) is 22.8 Å². The molecule has 1 rings (SSSR count). The SMILES string of the molecule is CCOC(=S)SCC(=O)N(C(CC)c1ccco1)C(C)(C)C. The van der Waals surface area contributed by atoms with Crippen LogP contribution < -0.4 is 0 Å². The normalized spacial score (nSPS) is 12.8. The number of nitrogens with zero attached hydrogens (tertiary/aromatic N) is 1. The number of thiocarbonyl (C=S) groups is 1. The summed E-state index contributed by atoms with van der Waals surface area (Å²) in [5.41, 5.74) is -0.307. The van der Waals surface area contributed by atoms with Gasteiger partial charge in [0.05, 0.1) is 24.7 Å². The summed E-state index contributed by atoms with van der Waals surface area (Å²) in [5, 5.41) is 0. The highest BCUT2D eigenvalue weighted by atomic mass is 32.2. The third kappa shape index (κ3) is 5.32. The van der Waals surface area contributed by atoms with Crippen LogP contribution in [0, 0.1) is 0 Å². The van der Waals surface area contributed by atoms with Gasteiger partial charge in [0.15, 0.2) is 0 Å². The Balaban J connectivity index is 2.88. The van der Waals surface area contributed by atoms with Crippen molar-refractivity contribution in [1.82, 2.24) is 4.90 Å². The molecule has 1 heterocycles. The molecule has 0 aliphatic rings. The Morgan fingerprint density at radius 1 is 1.45 bits per heavy atom. The Morgan fingerprint density at radius 3 is 2.59 bits per heavy atom. The van der Waals surface area contributed by atoms with E-state index in [-0.39, 0.29) is 23.2 Å². The molecule has 0 radical (unpaired) electrons. The van der Waals surface area contributed by atoms with E-state index in [0.717, 1.165) is 12.2 Å². The summed E-state index contributed by atoms with van der Waals surface area (Å²) in [6, 6.07) is 3.68. The topological polar surface area (TPSA) is 42.7 Å². The van der Waals surface area contributed by atoms with E-state index in [1.165, 1.54) is 11.8 Å². The third-order valence-electron chi connectivity index (χ3n) is 3.14. The number of carbonyl (C=O) groups is 1. The third-order valence-corrected chi connectivity index (χ3v) is 4.35. The van der Waals surface area contributed by atoms with Gasteiger partial charge in [-0.2, -0.15) is 0 Å². The van der Waals surface area contributed by atoms with Crippen molar-refractivity contribution < 1.29 is 13.9 Å². The van der Waals surface area contributed by atoms with Gasteiger partial charge in [-0.05, 0) is 58.5 Å². The first-order chi connectivity index (χ1) is 10.3. The molecule has 0 N–H and O–H groups in total. The quantitative estimate of drug-likeness (QED) is 0.716. The first-order valence-electron chi connectivity index (χ1n) is 7.46. The van der Waals surface area contributed by atoms with E-state index in [9.17, 15) is 4.79 Å². The largest absolute Gasteiger partial charge is 0.479 e. The van der Waals surface area contributed by atoms with Crippen molar-refractivity contribution in [3.8, 4) is 0 Å². The van der Waals surface area contributed by atoms with Crippen LogP contribution in [0.4, 0.5) is 0 Å². The fourth-order valence-corrected chi connectivity index (χ4v) is 3.23. The van der Waals surface area contributed by atoms with Gasteiger partial charge in [-0.15, -0.1) is 0 Å². The van der Waals surface area contributed by atoms with E-state index in [0.29, 0.717) is 11.0 Å². The summed E-state index contributed by atoms with van der Waals surface area (Å²) in [5.74, 6) is 1.11. The van der Waals surface area contributed by atoms with Crippen molar-refractivity contribution in [2.75, 3.05) is 12.4 Å². The molecule has 124 valence electrons. The molecule has 0 bridgehead atoms. The minimum atomic E-state index is -0.307. The Kier molecular flexibility index (Phi) is 7.42. The van der Waals surface area contributed by atoms with Gasteiger partial charge < -0.3 is 14.1 Å². The van der Waals surface area contributed by atoms with Gasteiger partial charge >= 0.3 is 0 Å². The fourth-order valence-electron chi connectivity index (χ4n) is 2.36. The van der Waals surface area contributed by atoms with Gasteiger partial charge in [-0.25, -0.2) is 0 Å². The monoisotopic (exact) mass is 343 g/mol. The lowest BCUT2D eigenvalue weighted by Gasteiger charge is -2.40. The summed E-state index contributed by atoms with van der Waals surface area (Å²) < 4.78 is 11.2. The van der Waals surface area contributed by atoms with Crippen LogP contribution in [0.1, 0.15) is 52.8 Å². The Hall–Kier alpha value is -1.01. The number of hydrogen-bond acceptors (Lipinski definition) is 5. The van der Waals surface area contributed by atoms with Crippen LogP contribution in [0.5, 0.6) is 0 Å². The molecular formula is C16H25NO3S2. The van der Waals surface area contributed by atoms with E-state index >= 15 is 0 Å². The second-order valence-electron chi connectivity index (χ2n) is 5.85. The number of carbonyl (C=O) groups excluding carboxylic acids is 1. The molecule has 1 aromatic rings. The van der Waals surface area contributed by atoms with E-state index < -0.39 is 0 Å². The lowest BCUT2D eigenvalue weighted by atomic mass is 9.99. The molecule has 0 fully saturated rings. The second kappa shape index (κ2) is 8.58. The van der Waals surface area contributed by atoms with E-state index in [1.54, 1.807) is 6.26 Å². The molecule has 1 amide bonds. The molecule has 1 aromatic heterocycles. The maximum atomic E-state index is 12.7. The number of ether oxygens (including phenoxy) is 1. The predicted octanol–water partition coefficient (Wildman–Crippen LogP) is 4.41. The summed E-state index contributed by atoms with van der Waals surface area (Å²) in [4.78, 5) is 14.6. The molecule has 0 saturated carbocycles. The lowest BCUT2D eigenvalue weighted by molar-refractivity contribution is -0.137. The summed E-state index contributed by atoms with van der Waals surface area (Å²) >= 11 is 6.34. The first kappa shape index (κ1) is 19.0. The fraction of sp³-hybridized carbons (Fsp3) is 0.625. The van der Waals surface area contributed by atoms with Crippen LogP contribution >= 0.6 is 24.0 Å². The molecule has 0 spiro atoms. The highest BCUT2D eigenvalue weighted by Gasteiger charge is 2.34. The van der Waals surface area contributed by atoms with Gasteiger partial charge in [0.2, 0.25) is 10.3 Å². The minimum absolute atomic E-state index is 0.0304. The van der Waals surface area contributed by atoms with Gasteiger partial charge in [0.1, 0.15) is 5.76 Å². The average molecular weight is 344 g/mol. The molecule has 0 aromatic carbocycles. The highest BCUT2D eigenvalue weighted by Crippen LogP contribution is 2.32. The van der Waals surface area contributed by atoms with Crippen LogP contribution in [0.3, 0.4) is 0 Å². The predicted molar refractivity (Wildman–Crippen MR) is 95.0 cm³/mol. The average Bonchev–Trinajstić information content (AvgIpc) is 2.94. The highest BCUT2D eigenvalue weighted by molar-refractivity contribution is 8.23. The number of hydrogen-bond donors (Lipinski definition) is 0. The Morgan fingerprint density at radius 2 is 2.14 bits per heavy atom. The van der Waals surface area contributed by atoms with Crippen LogP contribution in [-0.2, 0) is 9.53 Å². The Labute approximate surface area is 142 Å². The van der Waals surface area contributed by atoms with Gasteiger partial charge in [-0.1, -0.05) is 18.7 Å². The molecule has 6 heteroatoms. The summed E-state index contributed by atoms with van der Waals surface area (Å²) in [7, 11) is 0. The zero-order valence-corrected chi connectivity index (χ0v) is 15.6. The van der Waals surface area contributed by atoms with Gasteiger partial charge in [-0.3, -0.25) is 4.79 Å². The van der Waals surface area contributed by atoms with E-state index in [2.05, 4.69) is 6.92 Å². The van der Waals surface area contributed by atoms with Crippen molar-refractivity contribution >= 4 is 34.3 Å². The summed E-state index contributed by atoms with van der Waals surface area (Å²) in [6.07, 6.45) is 2.43. The summed E-state index contributed by atoms with van der Waals surface area (Å²) in [6.45, 7) is 10.5. The molecule has 1 atom stereocenters. The molecule has 4 nitrogen and oxygen atoms in total. The zero-order valence-electron chi connectivity index (χ0n) is 13.9. The zero-order chi connectivity index (χ0) is 16.8. The first-order valence-corrected chi connectivity index (χ1v) is 8.85. The molecule has 22 heavy (non-hydrogen) atoms. The number of amides is 1. The number of thioether (sulfide) groups is 1. The Bertz CT molecular complexity index is 480. The van der Waals surface area contributed by atoms with E-state index in [1.807, 2.05) is 44.7 Å². The molecular weight excluding hydrogens is 318 g/mol. The molecule has 0 aliphatic heterocycles. The maximum absolute atomic E-state index is 12.7. The molecule has 0 saturated heterocycles. The van der Waals surface area contributed by atoms with Gasteiger partial charge in [0, 0.05) is 5.54 Å². The van der Waals surface area contributed by atoms with Crippen molar-refractivity contribution in [3.63, 3.8) is 0 Å². The lowest BCUT2D eigenvalue weighted by Crippen LogP contribution is -2.48. The number of furan rings is 1. The second-order valence-corrected chi connectivity index (χ2v) is 7.42. The van der Waals surface area contributed by atoms with Crippen molar-refractivity contribution in [2.24, 2.45) is 0 Å². The van der Waals surface area contributed by atoms with Crippen LogP contribution in [0.2, 0.25) is 0 Å². The maximum Gasteiger partial charge on any atom is 0.234 e. The van der Waals surface area contributed by atoms with Crippen molar-refractivity contribution in [2.45, 2.75) is 52.6 Å². The van der Waals surface area contributed by atoms with Crippen molar-refractivity contribution in [3.05, 3.63) is 24.2 Å². The number of rotatable bonds is 6. The van der Waals surface area contributed by atoms with Gasteiger partial charge in [0.25, 0.3) is 0 Å². The molecule has 1 unspecified atom stereocenters. The molecule has 0 aliphatic carbocycles. The van der Waals surface area contributed by atoms with Crippen LogP contribution in [-0.4, -0.2) is 33.1 Å². The minimum Gasteiger partial charge on any atom is -0.479 e. The standard InChI is InChI=1S/C16H25NO3S2/c1-6-12(13-9-8-10-20-13)17(16(3,4)5)14(18)11-22-15(21)19-7-2/h8-10,12H,6-7,11H2,1-5H3.